The van der Waals surface area contributed by atoms with Crippen LogP contribution in [0.3, 0.4) is 0 Å². The number of nitrogens with zero attached hydrogens (tertiary/aromatic N) is 2. The second-order valence-corrected chi connectivity index (χ2v) is 17.3. The summed E-state index contributed by atoms with van der Waals surface area (Å²) in [6.07, 6.45) is 1.29. The molecular weight excluding hydrogens is 875 g/mol. The maximum atomic E-state index is 14.1. The van der Waals surface area contributed by atoms with Crippen LogP contribution in [0.5, 0.6) is 0 Å². The van der Waals surface area contributed by atoms with Gasteiger partial charge in [-0.3, -0.25) is 52.9 Å². The monoisotopic (exact) mass is 952 g/mol. The van der Waals surface area contributed by atoms with Crippen LogP contribution < -0.4 is 59.7 Å². The molecule has 0 bridgehead atoms. The number of hydrogen-bond donors (Lipinski definition) is 12. The number of amides is 10. The Bertz CT molecular complexity index is 1760. The van der Waals surface area contributed by atoms with Crippen molar-refractivity contribution in [2.75, 3.05) is 26.2 Å². The Balaban J connectivity index is 3.39. The Labute approximate surface area is 393 Å². The third kappa shape index (κ3) is 19.7. The summed E-state index contributed by atoms with van der Waals surface area (Å²) < 4.78 is 0. The Morgan fingerprint density at radius 3 is 1.66 bits per heavy atom. The number of hydrogen-bond acceptors (Lipinski definition) is 12. The van der Waals surface area contributed by atoms with Gasteiger partial charge in [-0.25, -0.2) is 0 Å². The zero-order valence-corrected chi connectivity index (χ0v) is 40.5. The van der Waals surface area contributed by atoms with Crippen LogP contribution in [0.15, 0.2) is 4.99 Å². The largest absolute Gasteiger partial charge is 0.394 e. The summed E-state index contributed by atoms with van der Waals surface area (Å²) in [6.45, 7) is 14.4. The van der Waals surface area contributed by atoms with Crippen molar-refractivity contribution in [2.45, 2.75) is 162 Å². The summed E-state index contributed by atoms with van der Waals surface area (Å²) in [5, 5.41) is 30.9. The first-order chi connectivity index (χ1) is 31.4. The summed E-state index contributed by atoms with van der Waals surface area (Å²) in [5.41, 5.74) is 16.4. The normalized spacial score (nSPS) is 17.4. The smallest absolute Gasteiger partial charge is 0.245 e. The SMILES string of the molecule is CCNC(=O)[C@@H]1CCCN1C(=O)[C@H](CCCN=C(N)N)NC(=O)[C@@H](NC(=O)[C@H](CCC(N)=O)NC(=O)[C@H](CO)NC(=O)[C@H](NC(=O)[C@@H](NC(=O)[C@H](C)NC(C)=O)C(C)C)[C@H](C)CC)[C@@H](C)CC. The minimum atomic E-state index is -1.69. The maximum absolute atomic E-state index is 14.1. The molecule has 0 spiro atoms. The number of rotatable bonds is 29. The number of likely N-dealkylation sites (N-methyl/N-ethyl adjacent to an activating group) is 1. The van der Waals surface area contributed by atoms with Crippen molar-refractivity contribution in [3.63, 3.8) is 0 Å². The average molecular weight is 952 g/mol. The van der Waals surface area contributed by atoms with E-state index >= 15 is 0 Å². The molecule has 1 heterocycles. The molecule has 0 aliphatic carbocycles. The highest BCUT2D eigenvalue weighted by Gasteiger charge is 2.40. The molecule has 10 amide bonds. The van der Waals surface area contributed by atoms with Gasteiger partial charge in [0.05, 0.1) is 6.61 Å². The van der Waals surface area contributed by atoms with Crippen molar-refractivity contribution in [1.29, 1.82) is 0 Å². The number of guanidine groups is 1. The van der Waals surface area contributed by atoms with Crippen LogP contribution in [-0.4, -0.2) is 150 Å². The molecule has 10 atom stereocenters. The van der Waals surface area contributed by atoms with Crippen molar-refractivity contribution in [3.8, 4) is 0 Å². The molecule has 1 aliphatic heterocycles. The van der Waals surface area contributed by atoms with Crippen molar-refractivity contribution in [1.82, 2.24) is 47.4 Å². The van der Waals surface area contributed by atoms with Crippen LogP contribution in [-0.2, 0) is 47.9 Å². The number of aliphatic imine (C=N–C) groups is 1. The Kier molecular flexibility index (Phi) is 26.0. The summed E-state index contributed by atoms with van der Waals surface area (Å²) >= 11 is 0. The summed E-state index contributed by atoms with van der Waals surface area (Å²) in [7, 11) is 0. The fourth-order valence-corrected chi connectivity index (χ4v) is 7.19. The molecule has 0 unspecified atom stereocenters. The van der Waals surface area contributed by atoms with E-state index in [0.29, 0.717) is 32.2 Å². The highest BCUT2D eigenvalue weighted by Crippen LogP contribution is 2.21. The third-order valence-corrected chi connectivity index (χ3v) is 11.5. The molecular formula is C43H77N13O11. The standard InChI is InChI=1S/C43H77N13O11/c1-10-23(6)33(40(65)51-28(15-13-19-48-43(45)46)42(67)56-20-14-16-30(56)38(63)47-12-3)54-36(61)27(17-18-31(44)59)50-37(62)29(21-57)52-41(66)34(24(7)11-2)55-39(64)32(22(4)5)53-35(60)25(8)49-26(9)58/h22-25,27-30,32-34,57H,10-21H2,1-9H3,(H2,44,59)(H,47,63)(H,49,58)(H,50,62)(H,51,65)(H,52,66)(H,53,60)(H,54,61)(H,55,64)(H4,45,46,48)/t23-,24+,25-,27-,28-,29-,30-,32-,33-,34+/m0/s1. The predicted molar refractivity (Wildman–Crippen MR) is 247 cm³/mol. The lowest BCUT2D eigenvalue weighted by atomic mass is 9.96. The molecule has 1 saturated heterocycles. The van der Waals surface area contributed by atoms with Crippen molar-refractivity contribution < 1.29 is 53.1 Å². The highest BCUT2D eigenvalue weighted by atomic mass is 16.3. The summed E-state index contributed by atoms with van der Waals surface area (Å²) in [4.78, 5) is 138. The first-order valence-corrected chi connectivity index (χ1v) is 23.1. The van der Waals surface area contributed by atoms with Gasteiger partial charge in [-0.05, 0) is 63.7 Å². The van der Waals surface area contributed by atoms with E-state index in [1.165, 1.54) is 18.7 Å². The zero-order valence-electron chi connectivity index (χ0n) is 40.5. The molecule has 0 saturated carbocycles. The van der Waals surface area contributed by atoms with Gasteiger partial charge in [0, 0.05) is 33.0 Å². The number of aliphatic hydroxyl groups is 1. The molecule has 24 heteroatoms. The number of likely N-dealkylation sites (tertiary alicyclic amines) is 1. The summed E-state index contributed by atoms with van der Waals surface area (Å²) in [5.74, 6) is -8.82. The van der Waals surface area contributed by atoms with Gasteiger partial charge in [0.2, 0.25) is 59.1 Å². The molecule has 0 aromatic heterocycles. The van der Waals surface area contributed by atoms with Crippen molar-refractivity contribution in [3.05, 3.63) is 0 Å². The molecule has 0 aromatic carbocycles. The fraction of sp³-hybridized carbons (Fsp3) is 0.744. The predicted octanol–water partition coefficient (Wildman–Crippen LogP) is -3.39. The number of nitrogens with two attached hydrogens (primary N) is 3. The van der Waals surface area contributed by atoms with E-state index in [1.54, 1.807) is 48.5 Å². The molecule has 24 nitrogen and oxygen atoms in total. The van der Waals surface area contributed by atoms with Crippen LogP contribution in [0.4, 0.5) is 0 Å². The van der Waals surface area contributed by atoms with Gasteiger partial charge in [-0.1, -0.05) is 54.4 Å². The van der Waals surface area contributed by atoms with Gasteiger partial charge < -0.3 is 69.7 Å². The second kappa shape index (κ2) is 29.5. The van der Waals surface area contributed by atoms with Gasteiger partial charge in [-0.15, -0.1) is 0 Å². The van der Waals surface area contributed by atoms with Gasteiger partial charge >= 0.3 is 0 Å². The van der Waals surface area contributed by atoms with E-state index in [0.717, 1.165) is 0 Å². The molecule has 67 heavy (non-hydrogen) atoms. The molecule has 1 fully saturated rings. The minimum absolute atomic E-state index is 0.0718. The topological polar surface area (TPSA) is 381 Å². The van der Waals surface area contributed by atoms with E-state index in [9.17, 15) is 53.1 Å². The Morgan fingerprint density at radius 2 is 1.16 bits per heavy atom. The van der Waals surface area contributed by atoms with E-state index < -0.39 is 132 Å². The van der Waals surface area contributed by atoms with Crippen molar-refractivity contribution in [2.24, 2.45) is 39.9 Å². The van der Waals surface area contributed by atoms with Crippen LogP contribution in [0.25, 0.3) is 0 Å². The van der Waals surface area contributed by atoms with E-state index in [4.69, 9.17) is 17.2 Å². The summed E-state index contributed by atoms with van der Waals surface area (Å²) in [6, 6.07) is -9.80. The first-order valence-electron chi connectivity index (χ1n) is 23.1. The number of carbonyl (C=O) groups is 10. The molecule has 0 aromatic rings. The quantitative estimate of drug-likeness (QED) is 0.0198. The van der Waals surface area contributed by atoms with E-state index in [1.807, 2.05) is 0 Å². The maximum Gasteiger partial charge on any atom is 0.245 e. The average Bonchev–Trinajstić information content (AvgIpc) is 3.76. The first kappa shape index (κ1) is 58.9. The lowest BCUT2D eigenvalue weighted by molar-refractivity contribution is -0.142. The highest BCUT2D eigenvalue weighted by molar-refractivity contribution is 5.98. The second-order valence-electron chi connectivity index (χ2n) is 17.3. The molecule has 380 valence electrons. The van der Waals surface area contributed by atoms with Crippen LogP contribution >= 0.6 is 0 Å². The Morgan fingerprint density at radius 1 is 0.657 bits per heavy atom. The Hall–Kier alpha value is -6.07. The fourth-order valence-electron chi connectivity index (χ4n) is 7.19. The van der Waals surface area contributed by atoms with Crippen molar-refractivity contribution >= 4 is 65.0 Å². The van der Waals surface area contributed by atoms with E-state index in [-0.39, 0.29) is 44.2 Å². The minimum Gasteiger partial charge on any atom is -0.394 e. The lowest BCUT2D eigenvalue weighted by Gasteiger charge is -2.31. The molecule has 1 aliphatic rings. The van der Waals surface area contributed by atoms with Gasteiger partial charge in [-0.2, -0.15) is 0 Å². The van der Waals surface area contributed by atoms with Crippen LogP contribution in [0.1, 0.15) is 114 Å². The van der Waals surface area contributed by atoms with Crippen LogP contribution in [0, 0.1) is 17.8 Å². The third-order valence-electron chi connectivity index (χ3n) is 11.5. The molecule has 0 radical (unpaired) electrons. The molecule has 15 N–H and O–H groups in total. The van der Waals surface area contributed by atoms with Gasteiger partial charge in [0.25, 0.3) is 0 Å². The van der Waals surface area contributed by atoms with Gasteiger partial charge in [0.15, 0.2) is 5.96 Å². The number of carbonyl (C=O) groups excluding carboxylic acids is 10. The number of aliphatic hydroxyl groups excluding tert-OH is 1. The number of primary amides is 1. The van der Waals surface area contributed by atoms with Gasteiger partial charge in [0.1, 0.15) is 48.3 Å². The van der Waals surface area contributed by atoms with E-state index in [2.05, 4.69) is 47.5 Å². The van der Waals surface area contributed by atoms with Crippen LogP contribution in [0.2, 0.25) is 0 Å². The number of nitrogens with one attached hydrogen (secondary N) is 8. The zero-order chi connectivity index (χ0) is 51.1. The lowest BCUT2D eigenvalue weighted by Crippen LogP contribution is -2.62. The molecule has 1 rings (SSSR count).